The van der Waals surface area contributed by atoms with Crippen LogP contribution < -0.4 is 14.2 Å². The lowest BCUT2D eigenvalue weighted by molar-refractivity contribution is 0.0732. The molecule has 5 rings (SSSR count). The van der Waals surface area contributed by atoms with Crippen LogP contribution in [0.15, 0.2) is 97.1 Å². The number of hydrogen-bond acceptors (Lipinski definition) is 5. The van der Waals surface area contributed by atoms with Gasteiger partial charge in [0.05, 0.1) is 15.6 Å². The summed E-state index contributed by atoms with van der Waals surface area (Å²) >= 11 is 19.0. The highest BCUT2D eigenvalue weighted by atomic mass is 35.5. The molecule has 0 fully saturated rings. The van der Waals surface area contributed by atoms with Crippen molar-refractivity contribution in [3.63, 3.8) is 0 Å². The van der Waals surface area contributed by atoms with Crippen molar-refractivity contribution in [2.24, 2.45) is 0 Å². The number of phenols is 1. The first-order valence-electron chi connectivity index (χ1n) is 11.0. The lowest BCUT2D eigenvalue weighted by atomic mass is 10.1. The van der Waals surface area contributed by atoms with Crippen LogP contribution in [0.3, 0.4) is 0 Å². The SMILES string of the molecule is O=C(Oc1c(Oc2ccccc2Cl)c(Oc2ccccc2Cl)c(O)c2cc(Cl)ccc12)c1ccccc1. The van der Waals surface area contributed by atoms with Crippen LogP contribution >= 0.6 is 34.8 Å². The molecule has 5 aromatic rings. The number of rotatable bonds is 6. The second-order valence-electron chi connectivity index (χ2n) is 7.85. The van der Waals surface area contributed by atoms with Gasteiger partial charge < -0.3 is 19.3 Å². The smallest absolute Gasteiger partial charge is 0.343 e. The summed E-state index contributed by atoms with van der Waals surface area (Å²) < 4.78 is 18.1. The molecule has 0 bridgehead atoms. The molecule has 5 aromatic carbocycles. The number of para-hydroxylation sites is 2. The number of carbonyl (C=O) groups is 1. The monoisotopic (exact) mass is 550 g/mol. The Labute approximate surface area is 227 Å². The Balaban J connectivity index is 1.77. The molecule has 0 aliphatic carbocycles. The molecule has 5 nitrogen and oxygen atoms in total. The van der Waals surface area contributed by atoms with Gasteiger partial charge >= 0.3 is 5.97 Å². The number of benzene rings is 5. The van der Waals surface area contributed by atoms with E-state index in [-0.39, 0.29) is 39.9 Å². The highest BCUT2D eigenvalue weighted by molar-refractivity contribution is 6.32. The maximum atomic E-state index is 13.2. The van der Waals surface area contributed by atoms with Gasteiger partial charge in [0.25, 0.3) is 0 Å². The largest absolute Gasteiger partial charge is 0.504 e. The Morgan fingerprint density at radius 2 is 1.19 bits per heavy atom. The zero-order valence-corrected chi connectivity index (χ0v) is 21.2. The third-order valence-corrected chi connectivity index (χ3v) is 6.27. The van der Waals surface area contributed by atoms with E-state index in [4.69, 9.17) is 49.0 Å². The van der Waals surface area contributed by atoms with Crippen molar-refractivity contribution in [2.45, 2.75) is 0 Å². The molecule has 0 spiro atoms. The van der Waals surface area contributed by atoms with Crippen molar-refractivity contribution in [1.29, 1.82) is 0 Å². The molecule has 0 aliphatic rings. The van der Waals surface area contributed by atoms with E-state index in [1.807, 2.05) is 0 Å². The normalized spacial score (nSPS) is 10.8. The van der Waals surface area contributed by atoms with E-state index in [0.717, 1.165) is 0 Å². The summed E-state index contributed by atoms with van der Waals surface area (Å²) in [7, 11) is 0. The van der Waals surface area contributed by atoms with Gasteiger partial charge in [0, 0.05) is 15.8 Å². The van der Waals surface area contributed by atoms with Gasteiger partial charge in [0.2, 0.25) is 11.5 Å². The first-order chi connectivity index (χ1) is 17.9. The molecule has 0 heterocycles. The molecular formula is C29H17Cl3O5. The Bertz CT molecular complexity index is 1620. The van der Waals surface area contributed by atoms with Crippen molar-refractivity contribution in [1.82, 2.24) is 0 Å². The van der Waals surface area contributed by atoms with Crippen LogP contribution in [0.1, 0.15) is 10.4 Å². The van der Waals surface area contributed by atoms with E-state index in [0.29, 0.717) is 26.0 Å². The highest BCUT2D eigenvalue weighted by Crippen LogP contribution is 2.54. The maximum absolute atomic E-state index is 13.2. The fourth-order valence-electron chi connectivity index (χ4n) is 3.66. The zero-order valence-electron chi connectivity index (χ0n) is 19.0. The number of aromatic hydroxyl groups is 1. The molecule has 0 unspecified atom stereocenters. The van der Waals surface area contributed by atoms with E-state index >= 15 is 0 Å². The molecule has 184 valence electrons. The Morgan fingerprint density at radius 1 is 0.622 bits per heavy atom. The van der Waals surface area contributed by atoms with Crippen molar-refractivity contribution in [3.05, 3.63) is 118 Å². The number of carbonyl (C=O) groups excluding carboxylic acids is 1. The number of fused-ring (bicyclic) bond motifs is 1. The van der Waals surface area contributed by atoms with Crippen molar-refractivity contribution < 1.29 is 24.1 Å². The fourth-order valence-corrected chi connectivity index (χ4v) is 4.18. The van der Waals surface area contributed by atoms with Gasteiger partial charge in [0.1, 0.15) is 11.5 Å². The highest BCUT2D eigenvalue weighted by Gasteiger charge is 2.28. The third-order valence-electron chi connectivity index (χ3n) is 5.41. The van der Waals surface area contributed by atoms with Gasteiger partial charge in [0.15, 0.2) is 11.5 Å². The lowest BCUT2D eigenvalue weighted by Crippen LogP contribution is -2.10. The van der Waals surface area contributed by atoms with Crippen LogP contribution in [0.25, 0.3) is 10.8 Å². The van der Waals surface area contributed by atoms with E-state index in [2.05, 4.69) is 0 Å². The summed E-state index contributed by atoms with van der Waals surface area (Å²) in [6.45, 7) is 0. The third kappa shape index (κ3) is 5.16. The van der Waals surface area contributed by atoms with Gasteiger partial charge in [-0.2, -0.15) is 0 Å². The van der Waals surface area contributed by atoms with E-state index in [1.54, 1.807) is 91.0 Å². The number of halogens is 3. The molecule has 8 heteroatoms. The Morgan fingerprint density at radius 3 is 1.81 bits per heavy atom. The van der Waals surface area contributed by atoms with Crippen LogP contribution in [0, 0.1) is 0 Å². The van der Waals surface area contributed by atoms with Crippen LogP contribution in [-0.2, 0) is 0 Å². The molecule has 1 N–H and O–H groups in total. The van der Waals surface area contributed by atoms with Crippen molar-refractivity contribution >= 4 is 51.5 Å². The van der Waals surface area contributed by atoms with Crippen LogP contribution in [-0.4, -0.2) is 11.1 Å². The minimum absolute atomic E-state index is 0.000271. The van der Waals surface area contributed by atoms with Crippen LogP contribution in [0.2, 0.25) is 15.1 Å². The average molecular weight is 552 g/mol. The van der Waals surface area contributed by atoms with Gasteiger partial charge in [-0.1, -0.05) is 77.3 Å². The molecule has 0 radical (unpaired) electrons. The summed E-state index contributed by atoms with van der Waals surface area (Å²) in [5, 5.41) is 12.9. The molecule has 0 saturated carbocycles. The zero-order chi connectivity index (χ0) is 25.9. The molecule has 0 amide bonds. The second-order valence-corrected chi connectivity index (χ2v) is 9.10. The maximum Gasteiger partial charge on any atom is 0.343 e. The standard InChI is InChI=1S/C29H17Cl3O5/c30-18-14-15-19-20(16-18)25(33)27(35-23-12-6-4-10-21(23)31)28(36-24-13-7-5-11-22(24)32)26(19)37-29(34)17-8-2-1-3-9-17/h1-16,33H. The lowest BCUT2D eigenvalue weighted by Gasteiger charge is -2.20. The van der Waals surface area contributed by atoms with Gasteiger partial charge in [-0.25, -0.2) is 4.79 Å². The molecular weight excluding hydrogens is 535 g/mol. The number of esters is 1. The van der Waals surface area contributed by atoms with E-state index < -0.39 is 5.97 Å². The Kier molecular flexibility index (Phi) is 7.10. The van der Waals surface area contributed by atoms with Crippen LogP contribution in [0.4, 0.5) is 0 Å². The summed E-state index contributed by atoms with van der Waals surface area (Å²) in [6.07, 6.45) is 0. The molecule has 0 saturated heterocycles. The summed E-state index contributed by atoms with van der Waals surface area (Å²) in [5.74, 6) is -0.666. The number of phenolic OH excluding ortho intramolecular Hbond substituents is 1. The van der Waals surface area contributed by atoms with Crippen molar-refractivity contribution in [3.8, 4) is 34.5 Å². The van der Waals surface area contributed by atoms with E-state index in [9.17, 15) is 9.90 Å². The van der Waals surface area contributed by atoms with Gasteiger partial charge in [-0.05, 0) is 54.6 Å². The molecule has 0 atom stereocenters. The summed E-state index contributed by atoms with van der Waals surface area (Å²) in [5.41, 5.74) is 0.315. The number of hydrogen-bond donors (Lipinski definition) is 1. The Hall–Kier alpha value is -3.90. The minimum Gasteiger partial charge on any atom is -0.504 e. The second kappa shape index (κ2) is 10.6. The minimum atomic E-state index is -0.643. The molecule has 0 aromatic heterocycles. The quantitative estimate of drug-likeness (QED) is 0.168. The summed E-state index contributed by atoms with van der Waals surface area (Å²) in [6, 6.07) is 26.7. The predicted molar refractivity (Wildman–Crippen MR) is 145 cm³/mol. The first-order valence-corrected chi connectivity index (χ1v) is 12.2. The first kappa shape index (κ1) is 24.8. The topological polar surface area (TPSA) is 65.0 Å². The number of ether oxygens (including phenoxy) is 3. The molecule has 37 heavy (non-hydrogen) atoms. The van der Waals surface area contributed by atoms with Gasteiger partial charge in [-0.15, -0.1) is 0 Å². The van der Waals surface area contributed by atoms with Crippen molar-refractivity contribution in [2.75, 3.05) is 0 Å². The van der Waals surface area contributed by atoms with E-state index in [1.165, 1.54) is 6.07 Å². The van der Waals surface area contributed by atoms with Crippen LogP contribution in [0.5, 0.6) is 34.5 Å². The summed E-state index contributed by atoms with van der Waals surface area (Å²) in [4.78, 5) is 13.2. The fraction of sp³-hybridized carbons (Fsp3) is 0. The molecule has 0 aliphatic heterocycles. The average Bonchev–Trinajstić information content (AvgIpc) is 2.91. The van der Waals surface area contributed by atoms with Gasteiger partial charge in [-0.3, -0.25) is 0 Å². The predicted octanol–water partition coefficient (Wildman–Crippen LogP) is 9.31.